The van der Waals surface area contributed by atoms with E-state index in [1.54, 1.807) is 4.90 Å². The molecule has 1 heterocycles. The number of carbonyl (C=O) groups is 2. The lowest BCUT2D eigenvalue weighted by atomic mass is 9.79. The maximum atomic E-state index is 12.3. The van der Waals surface area contributed by atoms with E-state index < -0.39 is 11.9 Å². The van der Waals surface area contributed by atoms with Gasteiger partial charge in [-0.3, -0.25) is 9.59 Å². The second kappa shape index (κ2) is 5.90. The molecule has 1 amide bonds. The van der Waals surface area contributed by atoms with Gasteiger partial charge >= 0.3 is 5.97 Å². The van der Waals surface area contributed by atoms with E-state index in [2.05, 4.69) is 0 Å². The molecule has 1 saturated carbocycles. The molecule has 108 valence electrons. The average molecular weight is 268 g/mol. The first-order valence-electron chi connectivity index (χ1n) is 7.30. The Balaban J connectivity index is 1.90. The van der Waals surface area contributed by atoms with Crippen molar-refractivity contribution in [3.05, 3.63) is 0 Å². The molecule has 0 bridgehead atoms. The summed E-state index contributed by atoms with van der Waals surface area (Å²) in [5.41, 5.74) is 5.94. The second-order valence-corrected chi connectivity index (χ2v) is 6.12. The summed E-state index contributed by atoms with van der Waals surface area (Å²) in [6, 6.07) is 0. The molecule has 3 N–H and O–H groups in total. The van der Waals surface area contributed by atoms with Crippen molar-refractivity contribution in [1.82, 2.24) is 4.90 Å². The number of nitrogens with two attached hydrogens (primary N) is 1. The molecule has 1 atom stereocenters. The standard InChI is InChI=1S/C14H24N2O3/c15-14(6-2-1-3-7-14)9-12(17)16-8-4-5-11(10-16)13(18)19/h11H,1-10,15H2,(H,18,19). The molecule has 0 aromatic carbocycles. The van der Waals surface area contributed by atoms with Gasteiger partial charge in [0.05, 0.1) is 5.92 Å². The van der Waals surface area contributed by atoms with E-state index in [9.17, 15) is 9.59 Å². The van der Waals surface area contributed by atoms with Crippen LogP contribution in [0, 0.1) is 5.92 Å². The Morgan fingerprint density at radius 3 is 2.53 bits per heavy atom. The summed E-state index contributed by atoms with van der Waals surface area (Å²) in [6.07, 6.45) is 7.05. The molecule has 5 heteroatoms. The Kier molecular flexibility index (Phi) is 4.45. The molecular formula is C14H24N2O3. The molecule has 19 heavy (non-hydrogen) atoms. The number of aliphatic carboxylic acids is 1. The fourth-order valence-electron chi connectivity index (χ4n) is 3.25. The topological polar surface area (TPSA) is 83.6 Å². The van der Waals surface area contributed by atoms with E-state index in [0.717, 1.165) is 32.1 Å². The third-order valence-corrected chi connectivity index (χ3v) is 4.48. The van der Waals surface area contributed by atoms with Crippen LogP contribution in [-0.4, -0.2) is 40.5 Å². The molecule has 1 unspecified atom stereocenters. The Morgan fingerprint density at radius 2 is 1.89 bits per heavy atom. The summed E-state index contributed by atoms with van der Waals surface area (Å²) < 4.78 is 0. The number of carboxylic acid groups (broad SMARTS) is 1. The smallest absolute Gasteiger partial charge is 0.308 e. The van der Waals surface area contributed by atoms with Crippen molar-refractivity contribution in [1.29, 1.82) is 0 Å². The fraction of sp³-hybridized carbons (Fsp3) is 0.857. The summed E-state index contributed by atoms with van der Waals surface area (Å²) in [5.74, 6) is -1.16. The SMILES string of the molecule is NC1(CC(=O)N2CCCC(C(=O)O)C2)CCCCC1. The predicted molar refractivity (Wildman–Crippen MR) is 71.6 cm³/mol. The number of piperidine rings is 1. The van der Waals surface area contributed by atoms with Crippen LogP contribution in [0.4, 0.5) is 0 Å². The van der Waals surface area contributed by atoms with E-state index in [1.165, 1.54) is 6.42 Å². The van der Waals surface area contributed by atoms with Gasteiger partial charge in [-0.15, -0.1) is 0 Å². The average Bonchev–Trinajstić information content (AvgIpc) is 2.39. The van der Waals surface area contributed by atoms with E-state index in [-0.39, 0.29) is 11.4 Å². The zero-order valence-electron chi connectivity index (χ0n) is 11.4. The van der Waals surface area contributed by atoms with Gasteiger partial charge in [0, 0.05) is 25.0 Å². The highest BCUT2D eigenvalue weighted by Crippen LogP contribution is 2.30. The zero-order valence-corrected chi connectivity index (χ0v) is 11.4. The lowest BCUT2D eigenvalue weighted by Gasteiger charge is -2.37. The number of nitrogens with zero attached hydrogens (tertiary/aromatic N) is 1. The lowest BCUT2D eigenvalue weighted by molar-refractivity contribution is -0.146. The van der Waals surface area contributed by atoms with E-state index >= 15 is 0 Å². The minimum atomic E-state index is -0.794. The number of rotatable bonds is 3. The normalized spacial score (nSPS) is 27.0. The Bertz CT molecular complexity index is 351. The van der Waals surface area contributed by atoms with Gasteiger partial charge in [-0.2, -0.15) is 0 Å². The van der Waals surface area contributed by atoms with Crippen molar-refractivity contribution in [2.75, 3.05) is 13.1 Å². The molecule has 0 aromatic rings. The summed E-state index contributed by atoms with van der Waals surface area (Å²) in [7, 11) is 0. The Labute approximate surface area is 114 Å². The number of hydrogen-bond acceptors (Lipinski definition) is 3. The van der Waals surface area contributed by atoms with Gasteiger partial charge in [-0.05, 0) is 25.7 Å². The Hall–Kier alpha value is -1.10. The van der Waals surface area contributed by atoms with Crippen LogP contribution in [0.5, 0.6) is 0 Å². The van der Waals surface area contributed by atoms with Gasteiger partial charge in [0.1, 0.15) is 0 Å². The number of likely N-dealkylation sites (tertiary alicyclic amines) is 1. The van der Waals surface area contributed by atoms with Crippen molar-refractivity contribution < 1.29 is 14.7 Å². The quantitative estimate of drug-likeness (QED) is 0.809. The van der Waals surface area contributed by atoms with Crippen LogP contribution in [0.1, 0.15) is 51.4 Å². The molecule has 1 saturated heterocycles. The van der Waals surface area contributed by atoms with Gasteiger partial charge in [0.15, 0.2) is 0 Å². The summed E-state index contributed by atoms with van der Waals surface area (Å²) in [4.78, 5) is 25.0. The molecule has 0 spiro atoms. The molecule has 2 aliphatic rings. The van der Waals surface area contributed by atoms with E-state index in [4.69, 9.17) is 10.8 Å². The van der Waals surface area contributed by atoms with E-state index in [1.807, 2.05) is 0 Å². The van der Waals surface area contributed by atoms with E-state index in [0.29, 0.717) is 25.9 Å². The van der Waals surface area contributed by atoms with Crippen LogP contribution in [0.3, 0.4) is 0 Å². The maximum Gasteiger partial charge on any atom is 0.308 e. The van der Waals surface area contributed by atoms with Crippen molar-refractivity contribution in [2.45, 2.75) is 56.9 Å². The first-order valence-corrected chi connectivity index (χ1v) is 7.30. The van der Waals surface area contributed by atoms with Gasteiger partial charge < -0.3 is 15.7 Å². The summed E-state index contributed by atoms with van der Waals surface area (Å²) in [5, 5.41) is 9.05. The predicted octanol–water partition coefficient (Wildman–Crippen LogP) is 1.36. The van der Waals surface area contributed by atoms with Crippen LogP contribution in [0.2, 0.25) is 0 Å². The highest BCUT2D eigenvalue weighted by atomic mass is 16.4. The maximum absolute atomic E-state index is 12.3. The molecule has 5 nitrogen and oxygen atoms in total. The number of carbonyl (C=O) groups excluding carboxylic acids is 1. The minimum Gasteiger partial charge on any atom is -0.481 e. The first kappa shape index (κ1) is 14.3. The third-order valence-electron chi connectivity index (χ3n) is 4.48. The van der Waals surface area contributed by atoms with Crippen LogP contribution in [-0.2, 0) is 9.59 Å². The molecule has 0 aromatic heterocycles. The number of amides is 1. The molecule has 0 radical (unpaired) electrons. The van der Waals surface area contributed by atoms with Crippen LogP contribution < -0.4 is 5.73 Å². The summed E-state index contributed by atoms with van der Waals surface area (Å²) in [6.45, 7) is 1.03. The molecular weight excluding hydrogens is 244 g/mol. The van der Waals surface area contributed by atoms with Crippen molar-refractivity contribution in [3.63, 3.8) is 0 Å². The van der Waals surface area contributed by atoms with Gasteiger partial charge in [-0.25, -0.2) is 0 Å². The van der Waals surface area contributed by atoms with Gasteiger partial charge in [0.2, 0.25) is 5.91 Å². The van der Waals surface area contributed by atoms with Crippen molar-refractivity contribution >= 4 is 11.9 Å². The van der Waals surface area contributed by atoms with Crippen LogP contribution >= 0.6 is 0 Å². The fourth-order valence-corrected chi connectivity index (χ4v) is 3.25. The monoisotopic (exact) mass is 268 g/mol. The molecule has 2 rings (SSSR count). The van der Waals surface area contributed by atoms with Crippen LogP contribution in [0.25, 0.3) is 0 Å². The van der Waals surface area contributed by atoms with Crippen molar-refractivity contribution in [3.8, 4) is 0 Å². The minimum absolute atomic E-state index is 0.0374. The second-order valence-electron chi connectivity index (χ2n) is 6.12. The molecule has 2 fully saturated rings. The first-order chi connectivity index (χ1) is 9.00. The summed E-state index contributed by atoms with van der Waals surface area (Å²) >= 11 is 0. The molecule has 1 aliphatic heterocycles. The Morgan fingerprint density at radius 1 is 1.21 bits per heavy atom. The highest BCUT2D eigenvalue weighted by Gasteiger charge is 2.34. The van der Waals surface area contributed by atoms with Crippen LogP contribution in [0.15, 0.2) is 0 Å². The number of hydrogen-bond donors (Lipinski definition) is 2. The zero-order chi connectivity index (χ0) is 13.9. The molecule has 1 aliphatic carbocycles. The number of carboxylic acids is 1. The van der Waals surface area contributed by atoms with Crippen molar-refractivity contribution in [2.24, 2.45) is 11.7 Å². The highest BCUT2D eigenvalue weighted by molar-refractivity contribution is 5.79. The third kappa shape index (κ3) is 3.69. The van der Waals surface area contributed by atoms with Gasteiger partial charge in [0.25, 0.3) is 0 Å². The van der Waals surface area contributed by atoms with Gasteiger partial charge in [-0.1, -0.05) is 19.3 Å². The lowest BCUT2D eigenvalue weighted by Crippen LogP contribution is -2.49. The largest absolute Gasteiger partial charge is 0.481 e.